The maximum Gasteiger partial charge on any atom is 0.160 e. The number of hydrogen-bond acceptors (Lipinski definition) is 7. The van der Waals surface area contributed by atoms with E-state index >= 15 is 0 Å². The van der Waals surface area contributed by atoms with Crippen molar-refractivity contribution in [3.8, 4) is 89.8 Å². The summed E-state index contributed by atoms with van der Waals surface area (Å²) in [7, 11) is 0. The first-order valence-electron chi connectivity index (χ1n) is 36.5. The summed E-state index contributed by atoms with van der Waals surface area (Å²) in [5.41, 5.74) is 24.7. The fourth-order valence-electron chi connectivity index (χ4n) is 17.1. The van der Waals surface area contributed by atoms with E-state index < -0.39 is 0 Å². The molecule has 0 aliphatic rings. The zero-order chi connectivity index (χ0) is 70.7. The molecule has 0 unspecified atom stereocenters. The Kier molecular flexibility index (Phi) is 13.4. The van der Waals surface area contributed by atoms with Crippen LogP contribution >= 0.6 is 22.7 Å². The van der Waals surface area contributed by atoms with E-state index in [4.69, 9.17) is 24.9 Å². The van der Waals surface area contributed by atoms with Crippen LogP contribution in [0.4, 0.5) is 0 Å². The molecule has 23 aromatic rings. The number of para-hydroxylation sites is 3. The van der Waals surface area contributed by atoms with Crippen LogP contribution in [0.5, 0.6) is 0 Å². The van der Waals surface area contributed by atoms with E-state index in [1.54, 1.807) is 0 Å². The van der Waals surface area contributed by atoms with Gasteiger partial charge in [-0.1, -0.05) is 243 Å². The molecular weight excluding hydrogens is 1350 g/mol. The van der Waals surface area contributed by atoms with Gasteiger partial charge in [0.15, 0.2) is 5.82 Å². The highest BCUT2D eigenvalue weighted by atomic mass is 32.1. The lowest BCUT2D eigenvalue weighted by Gasteiger charge is -2.14. The maximum atomic E-state index is 5.63. The average Bonchev–Trinajstić information content (AvgIpc) is 1.52. The molecule has 0 fully saturated rings. The molecule has 9 heteroatoms. The molecule has 15 aromatic carbocycles. The number of thiophene rings is 2. The van der Waals surface area contributed by atoms with Gasteiger partial charge < -0.3 is 9.13 Å². The van der Waals surface area contributed by atoms with Crippen LogP contribution < -0.4 is 0 Å². The van der Waals surface area contributed by atoms with Crippen LogP contribution in [-0.2, 0) is 0 Å². The summed E-state index contributed by atoms with van der Waals surface area (Å²) in [6, 6.07) is 121. The lowest BCUT2D eigenvalue weighted by atomic mass is 9.94. The Morgan fingerprint density at radius 3 is 1.31 bits per heavy atom. The third kappa shape index (κ3) is 9.42. The van der Waals surface area contributed by atoms with Gasteiger partial charge in [0.1, 0.15) is 0 Å². The quantitative estimate of drug-likeness (QED) is 0.135. The van der Waals surface area contributed by atoms with Crippen molar-refractivity contribution in [3.63, 3.8) is 0 Å². The second-order valence-electron chi connectivity index (χ2n) is 28.2. The molecule has 7 nitrogen and oxygen atoms in total. The van der Waals surface area contributed by atoms with Crippen LogP contribution in [0.1, 0.15) is 0 Å². The van der Waals surface area contributed by atoms with Crippen molar-refractivity contribution in [1.29, 1.82) is 0 Å². The van der Waals surface area contributed by atoms with Crippen LogP contribution in [0.2, 0.25) is 0 Å². The van der Waals surface area contributed by atoms with Gasteiger partial charge in [-0.25, -0.2) is 19.9 Å². The van der Waals surface area contributed by atoms with Gasteiger partial charge in [0.05, 0.1) is 64.9 Å². The summed E-state index contributed by atoms with van der Waals surface area (Å²) in [5.74, 6) is 0.668. The molecule has 0 saturated carbocycles. The van der Waals surface area contributed by atoms with Gasteiger partial charge in [-0.05, 0) is 146 Å². The number of pyridine rings is 3. The highest BCUT2D eigenvalue weighted by Crippen LogP contribution is 2.49. The van der Waals surface area contributed by atoms with Gasteiger partial charge in [0, 0.05) is 115 Å². The van der Waals surface area contributed by atoms with Crippen LogP contribution in [0.15, 0.2) is 346 Å². The Labute approximate surface area is 626 Å². The van der Waals surface area contributed by atoms with Crippen molar-refractivity contribution in [2.75, 3.05) is 0 Å². The molecule has 500 valence electrons. The average molecular weight is 1410 g/mol. The van der Waals surface area contributed by atoms with Crippen molar-refractivity contribution in [3.05, 3.63) is 346 Å². The van der Waals surface area contributed by atoms with Gasteiger partial charge >= 0.3 is 0 Å². The lowest BCUT2D eigenvalue weighted by molar-refractivity contribution is 1.17. The highest BCUT2D eigenvalue weighted by molar-refractivity contribution is 7.26. The molecule has 8 aromatic heterocycles. The Balaban J connectivity index is 0.595. The molecule has 0 aliphatic heterocycles. The summed E-state index contributed by atoms with van der Waals surface area (Å²) in [4.78, 5) is 26.3. The van der Waals surface area contributed by atoms with E-state index in [2.05, 4.69) is 325 Å². The minimum atomic E-state index is 0.668. The van der Waals surface area contributed by atoms with Gasteiger partial charge in [0.2, 0.25) is 0 Å². The predicted molar refractivity (Wildman–Crippen MR) is 455 cm³/mol. The fourth-order valence-corrected chi connectivity index (χ4v) is 19.5. The molecule has 0 spiro atoms. The molecular formula is C99H57N7S2. The molecule has 0 aliphatic carbocycles. The third-order valence-electron chi connectivity index (χ3n) is 22.2. The second kappa shape index (κ2) is 23.9. The molecule has 0 atom stereocenters. The Bertz CT molecular complexity index is 7670. The van der Waals surface area contributed by atoms with E-state index in [9.17, 15) is 0 Å². The van der Waals surface area contributed by atoms with E-state index in [1.165, 1.54) is 100 Å². The maximum absolute atomic E-state index is 5.63. The van der Waals surface area contributed by atoms with Crippen molar-refractivity contribution in [1.82, 2.24) is 34.1 Å². The summed E-state index contributed by atoms with van der Waals surface area (Å²) in [6.07, 6.45) is 3.97. The van der Waals surface area contributed by atoms with E-state index in [-0.39, 0.29) is 0 Å². The Morgan fingerprint density at radius 1 is 0.250 bits per heavy atom. The minimum Gasteiger partial charge on any atom is -0.309 e. The highest BCUT2D eigenvalue weighted by Gasteiger charge is 2.24. The molecule has 23 rings (SSSR count). The van der Waals surface area contributed by atoms with Crippen LogP contribution in [0.25, 0.3) is 228 Å². The number of fused-ring (bicyclic) bond motifs is 19. The van der Waals surface area contributed by atoms with E-state index in [0.717, 1.165) is 122 Å². The zero-order valence-corrected chi connectivity index (χ0v) is 59.5. The Morgan fingerprint density at radius 2 is 0.694 bits per heavy atom. The number of rotatable bonds is 9. The van der Waals surface area contributed by atoms with E-state index in [0.29, 0.717) is 5.82 Å². The molecule has 8 heterocycles. The molecule has 0 N–H and O–H groups in total. The topological polar surface area (TPSA) is 74.3 Å². The number of hydrogen-bond donors (Lipinski definition) is 0. The zero-order valence-electron chi connectivity index (χ0n) is 57.9. The third-order valence-corrected chi connectivity index (χ3v) is 24.5. The van der Waals surface area contributed by atoms with Crippen LogP contribution in [0.3, 0.4) is 0 Å². The normalized spacial score (nSPS) is 12.1. The summed E-state index contributed by atoms with van der Waals surface area (Å²) in [6.45, 7) is 0. The van der Waals surface area contributed by atoms with Crippen LogP contribution in [0, 0.1) is 0 Å². The summed E-state index contributed by atoms with van der Waals surface area (Å²) < 4.78 is 9.62. The van der Waals surface area contributed by atoms with E-state index in [1.807, 2.05) is 53.3 Å². The minimum absolute atomic E-state index is 0.668. The number of aromatic nitrogens is 7. The Hall–Kier alpha value is -13.8. The van der Waals surface area contributed by atoms with Gasteiger partial charge in [0.25, 0.3) is 0 Å². The van der Waals surface area contributed by atoms with Crippen LogP contribution in [-0.4, -0.2) is 34.1 Å². The van der Waals surface area contributed by atoms with Gasteiger partial charge in [-0.15, -0.1) is 22.7 Å². The first kappa shape index (κ1) is 60.6. The first-order chi connectivity index (χ1) is 53.5. The number of benzene rings is 15. The van der Waals surface area contributed by atoms with Crippen molar-refractivity contribution in [2.24, 2.45) is 0 Å². The second-order valence-corrected chi connectivity index (χ2v) is 30.3. The molecule has 0 radical (unpaired) electrons. The first-order valence-corrected chi connectivity index (χ1v) is 38.1. The number of nitrogens with zero attached hydrogens (tertiary/aromatic N) is 7. The lowest BCUT2D eigenvalue weighted by Crippen LogP contribution is -1.96. The summed E-state index contributed by atoms with van der Waals surface area (Å²) in [5, 5.41) is 16.6. The van der Waals surface area contributed by atoms with Crippen molar-refractivity contribution in [2.45, 2.75) is 0 Å². The molecule has 0 amide bonds. The monoisotopic (exact) mass is 1410 g/mol. The summed E-state index contributed by atoms with van der Waals surface area (Å²) >= 11 is 3.65. The molecule has 0 bridgehead atoms. The fraction of sp³-hybridized carbons (Fsp3) is 0. The molecule has 108 heavy (non-hydrogen) atoms. The predicted octanol–water partition coefficient (Wildman–Crippen LogP) is 27.0. The SMILES string of the molecule is c1ccc(-c2nc(-c3ccc(-c4cncc5ccc(-c6ccc7sc8c(-c9ccc(-n%10c%11ccccc%11c%11cc(-n%12c%13ccccc%13c%13ccccc%13%12)ccc%11%10)cc9)c9c(ccc%10ccccc%109)nc8c7c6)cc45)cc3)cc(-c3ccc(-c4c5sc6ccccc6c5nc5ccc6ccccc6c45)cc3)n2)cc1. The van der Waals surface area contributed by atoms with Crippen molar-refractivity contribution < 1.29 is 0 Å². The standard InChI is InChI=1S/C99H57N7S2/c1-2-18-65(19-3-1)99-103-83(55-84(104-99)62-34-36-63(37-35-62)91-93-71-20-6-4-16-58(71)42-48-81(93)101-95-76-25-11-15-29-89(76)107-97(91)95)61-32-30-60(31-33-61)80-57-100-56-68-39-38-66(52-77(68)80)67-44-51-90-79(53-67)96-98(108-90)92(94-72-21-7-5-17-59(72)43-49-82(94)102-96)64-40-45-69(46-41-64)105-87-28-14-10-24-75(87)78-54-70(47-50-88(78)105)106-85-26-12-8-22-73(85)74-23-9-13-27-86(74)106/h1-57H. The van der Waals surface area contributed by atoms with Crippen molar-refractivity contribution >= 4 is 161 Å². The smallest absolute Gasteiger partial charge is 0.160 e. The molecule has 0 saturated heterocycles. The van der Waals surface area contributed by atoms with Gasteiger partial charge in [-0.3, -0.25) is 4.98 Å². The van der Waals surface area contributed by atoms with Gasteiger partial charge in [-0.2, -0.15) is 0 Å². The largest absolute Gasteiger partial charge is 0.309 e.